The Morgan fingerprint density at radius 2 is 1.27 bits per heavy atom. The standard InChI is InChI=1S/C12H14O10/c1-5(19-9(13)7-3-17-11(15)21-7)6(2)20-10(14)8-4-18-12(16)22-8/h5-8H,3-4H2,1-2H3. The van der Waals surface area contributed by atoms with Crippen molar-refractivity contribution in [2.24, 2.45) is 0 Å². The van der Waals surface area contributed by atoms with Gasteiger partial charge in [-0.25, -0.2) is 19.2 Å². The number of hydrogen-bond acceptors (Lipinski definition) is 10. The minimum atomic E-state index is -1.14. The van der Waals surface area contributed by atoms with Crippen LogP contribution in [0.2, 0.25) is 0 Å². The number of esters is 2. The number of hydrogen-bond donors (Lipinski definition) is 0. The van der Waals surface area contributed by atoms with Gasteiger partial charge in [-0.3, -0.25) is 0 Å². The number of carbonyl (C=O) groups excluding carboxylic acids is 4. The van der Waals surface area contributed by atoms with E-state index < -0.39 is 48.7 Å². The minimum absolute atomic E-state index is 0.228. The Morgan fingerprint density at radius 3 is 1.55 bits per heavy atom. The van der Waals surface area contributed by atoms with Gasteiger partial charge in [0.1, 0.15) is 25.4 Å². The first-order valence-corrected chi connectivity index (χ1v) is 6.44. The summed E-state index contributed by atoms with van der Waals surface area (Å²) in [6, 6.07) is 0. The van der Waals surface area contributed by atoms with Crippen molar-refractivity contribution in [1.29, 1.82) is 0 Å². The third-order valence-electron chi connectivity index (χ3n) is 2.97. The Morgan fingerprint density at radius 1 is 0.909 bits per heavy atom. The van der Waals surface area contributed by atoms with Crippen LogP contribution in [0.1, 0.15) is 13.8 Å². The molecule has 22 heavy (non-hydrogen) atoms. The van der Waals surface area contributed by atoms with Gasteiger partial charge < -0.3 is 28.4 Å². The van der Waals surface area contributed by atoms with Crippen LogP contribution in [0.5, 0.6) is 0 Å². The predicted octanol–water partition coefficient (Wildman–Crippen LogP) is -0.0794. The van der Waals surface area contributed by atoms with Crippen molar-refractivity contribution in [2.75, 3.05) is 13.2 Å². The van der Waals surface area contributed by atoms with Gasteiger partial charge in [0.2, 0.25) is 12.2 Å². The van der Waals surface area contributed by atoms with E-state index in [1.807, 2.05) is 0 Å². The lowest BCUT2D eigenvalue weighted by Crippen LogP contribution is -2.37. The molecule has 122 valence electrons. The molecule has 0 radical (unpaired) electrons. The molecule has 0 aromatic heterocycles. The molecule has 10 nitrogen and oxygen atoms in total. The van der Waals surface area contributed by atoms with Crippen molar-refractivity contribution in [2.45, 2.75) is 38.3 Å². The monoisotopic (exact) mass is 318 g/mol. The first-order valence-electron chi connectivity index (χ1n) is 6.44. The average Bonchev–Trinajstić information content (AvgIpc) is 3.07. The summed E-state index contributed by atoms with van der Waals surface area (Å²) < 4.78 is 28.1. The van der Waals surface area contributed by atoms with E-state index >= 15 is 0 Å². The van der Waals surface area contributed by atoms with Crippen molar-refractivity contribution in [3.8, 4) is 0 Å². The fraction of sp³-hybridized carbons (Fsp3) is 0.667. The Bertz CT molecular complexity index is 442. The van der Waals surface area contributed by atoms with Crippen LogP contribution in [-0.4, -0.2) is 61.9 Å². The smallest absolute Gasteiger partial charge is 0.456 e. The third kappa shape index (κ3) is 3.77. The number of rotatable bonds is 5. The van der Waals surface area contributed by atoms with E-state index in [1.54, 1.807) is 0 Å². The van der Waals surface area contributed by atoms with Crippen molar-refractivity contribution in [3.63, 3.8) is 0 Å². The highest BCUT2D eigenvalue weighted by atomic mass is 16.8. The first kappa shape index (κ1) is 15.9. The minimum Gasteiger partial charge on any atom is -0.456 e. The number of cyclic esters (lactones) is 4. The molecule has 2 heterocycles. The van der Waals surface area contributed by atoms with Crippen LogP contribution < -0.4 is 0 Å². The SMILES string of the molecule is CC(OC(=O)C1COC(=O)O1)C(C)OC(=O)C1COC(=O)O1. The summed E-state index contributed by atoms with van der Waals surface area (Å²) in [5, 5.41) is 0. The third-order valence-corrected chi connectivity index (χ3v) is 2.97. The summed E-state index contributed by atoms with van der Waals surface area (Å²) in [6.45, 7) is 2.52. The van der Waals surface area contributed by atoms with Crippen LogP contribution in [0.15, 0.2) is 0 Å². The van der Waals surface area contributed by atoms with E-state index in [1.165, 1.54) is 13.8 Å². The molecule has 0 saturated carbocycles. The van der Waals surface area contributed by atoms with Crippen molar-refractivity contribution in [3.05, 3.63) is 0 Å². The second-order valence-electron chi connectivity index (χ2n) is 4.62. The molecule has 4 atom stereocenters. The van der Waals surface area contributed by atoms with Gasteiger partial charge in [-0.15, -0.1) is 0 Å². The first-order chi connectivity index (χ1) is 10.4. The topological polar surface area (TPSA) is 124 Å². The maximum absolute atomic E-state index is 11.7. The van der Waals surface area contributed by atoms with E-state index in [-0.39, 0.29) is 13.2 Å². The van der Waals surface area contributed by atoms with E-state index in [2.05, 4.69) is 18.9 Å². The van der Waals surface area contributed by atoms with Crippen molar-refractivity contribution < 1.29 is 47.6 Å². The maximum Gasteiger partial charge on any atom is 0.509 e. The summed E-state index contributed by atoms with van der Waals surface area (Å²) >= 11 is 0. The average molecular weight is 318 g/mol. The number of carbonyl (C=O) groups is 4. The Kier molecular flexibility index (Phi) is 4.68. The second kappa shape index (κ2) is 6.50. The summed E-state index contributed by atoms with van der Waals surface area (Å²) in [5.74, 6) is -1.62. The van der Waals surface area contributed by atoms with Gasteiger partial charge in [-0.1, -0.05) is 0 Å². The fourth-order valence-electron chi connectivity index (χ4n) is 1.60. The maximum atomic E-state index is 11.7. The fourth-order valence-corrected chi connectivity index (χ4v) is 1.60. The molecular formula is C12H14O10. The summed E-state index contributed by atoms with van der Waals surface area (Å²) in [5.41, 5.74) is 0. The van der Waals surface area contributed by atoms with Gasteiger partial charge in [-0.2, -0.15) is 0 Å². The zero-order valence-electron chi connectivity index (χ0n) is 11.8. The molecular weight excluding hydrogens is 304 g/mol. The van der Waals surface area contributed by atoms with Crippen LogP contribution in [0.4, 0.5) is 9.59 Å². The normalized spacial score (nSPS) is 26.1. The second-order valence-corrected chi connectivity index (χ2v) is 4.62. The molecule has 2 aliphatic rings. The van der Waals surface area contributed by atoms with Crippen LogP contribution in [0.25, 0.3) is 0 Å². The summed E-state index contributed by atoms with van der Waals surface area (Å²) in [7, 11) is 0. The molecule has 0 spiro atoms. The van der Waals surface area contributed by atoms with E-state index in [4.69, 9.17) is 9.47 Å². The highest BCUT2D eigenvalue weighted by Gasteiger charge is 2.37. The van der Waals surface area contributed by atoms with Gasteiger partial charge in [-0.05, 0) is 13.8 Å². The molecule has 10 heteroatoms. The molecule has 2 fully saturated rings. The highest BCUT2D eigenvalue weighted by molar-refractivity contribution is 5.80. The van der Waals surface area contributed by atoms with Gasteiger partial charge in [0.05, 0.1) is 0 Å². The van der Waals surface area contributed by atoms with Crippen LogP contribution in [0, 0.1) is 0 Å². The Balaban J connectivity index is 1.77. The molecule has 4 unspecified atom stereocenters. The van der Waals surface area contributed by atoms with Crippen molar-refractivity contribution >= 4 is 24.2 Å². The Labute approximate surface area is 124 Å². The zero-order chi connectivity index (χ0) is 16.3. The number of ether oxygens (including phenoxy) is 6. The molecule has 0 bridgehead atoms. The molecule has 0 amide bonds. The van der Waals surface area contributed by atoms with Crippen LogP contribution in [-0.2, 0) is 38.0 Å². The molecule has 2 rings (SSSR count). The summed E-state index contributed by atoms with van der Waals surface area (Å²) in [6.07, 6.45) is -5.79. The van der Waals surface area contributed by atoms with Crippen LogP contribution in [0.3, 0.4) is 0 Å². The molecule has 0 N–H and O–H groups in total. The largest absolute Gasteiger partial charge is 0.509 e. The lowest BCUT2D eigenvalue weighted by molar-refractivity contribution is -0.173. The molecule has 0 aliphatic carbocycles. The lowest BCUT2D eigenvalue weighted by atomic mass is 10.2. The van der Waals surface area contributed by atoms with Crippen molar-refractivity contribution in [1.82, 2.24) is 0 Å². The van der Waals surface area contributed by atoms with Crippen LogP contribution >= 0.6 is 0 Å². The van der Waals surface area contributed by atoms with Gasteiger partial charge in [0, 0.05) is 0 Å². The van der Waals surface area contributed by atoms with Gasteiger partial charge in [0.15, 0.2) is 0 Å². The van der Waals surface area contributed by atoms with Gasteiger partial charge >= 0.3 is 24.2 Å². The van der Waals surface area contributed by atoms with E-state index in [9.17, 15) is 19.2 Å². The lowest BCUT2D eigenvalue weighted by Gasteiger charge is -2.22. The Hall–Kier alpha value is -2.52. The molecule has 0 aromatic carbocycles. The quantitative estimate of drug-likeness (QED) is 0.502. The zero-order valence-corrected chi connectivity index (χ0v) is 11.8. The van der Waals surface area contributed by atoms with Gasteiger partial charge in [0.25, 0.3) is 0 Å². The molecule has 0 aromatic rings. The van der Waals surface area contributed by atoms with E-state index in [0.717, 1.165) is 0 Å². The van der Waals surface area contributed by atoms with E-state index in [0.29, 0.717) is 0 Å². The highest BCUT2D eigenvalue weighted by Crippen LogP contribution is 2.14. The predicted molar refractivity (Wildman–Crippen MR) is 63.6 cm³/mol. The molecule has 2 aliphatic heterocycles. The molecule has 2 saturated heterocycles. The summed E-state index contributed by atoms with van der Waals surface area (Å²) in [4.78, 5) is 44.8.